The van der Waals surface area contributed by atoms with Gasteiger partial charge in [0.15, 0.2) is 5.58 Å². The van der Waals surface area contributed by atoms with Gasteiger partial charge in [-0.05, 0) is 104 Å². The highest BCUT2D eigenvalue weighted by molar-refractivity contribution is 6.17. The van der Waals surface area contributed by atoms with Crippen molar-refractivity contribution in [2.75, 3.05) is 0 Å². The van der Waals surface area contributed by atoms with Crippen molar-refractivity contribution >= 4 is 65.6 Å². The molecule has 0 atom stereocenters. The van der Waals surface area contributed by atoms with E-state index in [-0.39, 0.29) is 21.7 Å². The van der Waals surface area contributed by atoms with Crippen LogP contribution in [0.1, 0.15) is 111 Å². The summed E-state index contributed by atoms with van der Waals surface area (Å²) in [6.07, 6.45) is 0. The molecule has 10 rings (SSSR count). The van der Waals surface area contributed by atoms with Crippen LogP contribution in [-0.4, -0.2) is 9.13 Å². The molecule has 4 heteroatoms. The van der Waals surface area contributed by atoms with Crippen molar-refractivity contribution in [2.45, 2.75) is 105 Å². The van der Waals surface area contributed by atoms with Crippen molar-refractivity contribution in [1.29, 1.82) is 5.26 Å². The number of rotatable bonds is 3. The Morgan fingerprint density at radius 1 is 0.413 bits per heavy atom. The number of benzene rings is 7. The van der Waals surface area contributed by atoms with Crippen molar-refractivity contribution in [3.8, 4) is 28.6 Å². The Bertz CT molecular complexity index is 3390. The molecule has 0 saturated heterocycles. The molecule has 0 amide bonds. The molecule has 0 saturated carbocycles. The quantitative estimate of drug-likeness (QED) is 0.178. The topological polar surface area (TPSA) is 46.8 Å². The first-order valence-electron chi connectivity index (χ1n) is 22.4. The minimum atomic E-state index is -0.0575. The summed E-state index contributed by atoms with van der Waals surface area (Å²) in [5, 5.41) is 18.5. The number of para-hydroxylation sites is 1. The van der Waals surface area contributed by atoms with E-state index in [0.717, 1.165) is 71.7 Å². The van der Waals surface area contributed by atoms with E-state index in [9.17, 15) is 5.26 Å². The van der Waals surface area contributed by atoms with Crippen molar-refractivity contribution in [1.82, 2.24) is 9.13 Å². The predicted molar refractivity (Wildman–Crippen MR) is 267 cm³/mol. The number of hydrogen-bond acceptors (Lipinski definition) is 2. The molecule has 3 heterocycles. The van der Waals surface area contributed by atoms with Gasteiger partial charge in [0.2, 0.25) is 0 Å². The van der Waals surface area contributed by atoms with Crippen LogP contribution in [0, 0.1) is 11.3 Å². The second kappa shape index (κ2) is 13.7. The molecule has 0 N–H and O–H groups in total. The second-order valence-electron chi connectivity index (χ2n) is 21.9. The van der Waals surface area contributed by atoms with Gasteiger partial charge in [0.05, 0.1) is 27.8 Å². The lowest BCUT2D eigenvalue weighted by atomic mass is 9.85. The lowest BCUT2D eigenvalue weighted by Crippen LogP contribution is -2.10. The Morgan fingerprint density at radius 3 is 1.25 bits per heavy atom. The van der Waals surface area contributed by atoms with Gasteiger partial charge in [-0.3, -0.25) is 0 Å². The molecule has 0 bridgehead atoms. The fraction of sp³-hybridized carbons (Fsp3) is 0.271. The highest BCUT2D eigenvalue weighted by Crippen LogP contribution is 2.47. The summed E-state index contributed by atoms with van der Waals surface area (Å²) in [5.74, 6) is 0. The van der Waals surface area contributed by atoms with Crippen molar-refractivity contribution in [3.05, 3.63) is 155 Å². The first kappa shape index (κ1) is 40.5. The second-order valence-corrected chi connectivity index (χ2v) is 21.9. The van der Waals surface area contributed by atoms with Gasteiger partial charge in [-0.2, -0.15) is 5.26 Å². The van der Waals surface area contributed by atoms with Gasteiger partial charge in [0.25, 0.3) is 0 Å². The van der Waals surface area contributed by atoms with Crippen LogP contribution in [0.5, 0.6) is 0 Å². The Balaban J connectivity index is 1.42. The number of nitrogens with zero attached hydrogens (tertiary/aromatic N) is 3. The summed E-state index contributed by atoms with van der Waals surface area (Å²) in [5.41, 5.74) is 14.8. The zero-order valence-electron chi connectivity index (χ0n) is 38.9. The zero-order chi connectivity index (χ0) is 44.5. The Morgan fingerprint density at radius 2 is 0.841 bits per heavy atom. The fourth-order valence-corrected chi connectivity index (χ4v) is 9.66. The van der Waals surface area contributed by atoms with Gasteiger partial charge in [-0.1, -0.05) is 156 Å². The molecule has 7 aromatic carbocycles. The third kappa shape index (κ3) is 6.38. The Labute approximate surface area is 371 Å². The van der Waals surface area contributed by atoms with Crippen LogP contribution in [0.15, 0.2) is 132 Å². The molecule has 314 valence electrons. The molecule has 0 fully saturated rings. The normalized spacial score (nSPS) is 13.1. The van der Waals surface area contributed by atoms with Crippen LogP contribution >= 0.6 is 0 Å². The van der Waals surface area contributed by atoms with E-state index in [4.69, 9.17) is 4.42 Å². The van der Waals surface area contributed by atoms with Crippen LogP contribution in [0.2, 0.25) is 0 Å². The third-order valence-corrected chi connectivity index (χ3v) is 13.4. The van der Waals surface area contributed by atoms with Gasteiger partial charge >= 0.3 is 0 Å². The van der Waals surface area contributed by atoms with E-state index in [0.29, 0.717) is 11.1 Å². The summed E-state index contributed by atoms with van der Waals surface area (Å²) in [4.78, 5) is 0. The maximum Gasteiger partial charge on any atom is 0.160 e. The SMILES string of the molecule is CC(C)(C)c1ccc2c(c1)c1cc(C(C)(C)C)ccc1n2-c1cc2c(oc3c(-c4ccccc4)cccc32)c(-n2c3ccc(C(C)(C)C)cc3c3cc(C(C)(C)C)ccc32)c1C#N. The average molecular weight is 824 g/mol. The van der Waals surface area contributed by atoms with Gasteiger partial charge < -0.3 is 13.6 Å². The molecule has 0 aliphatic heterocycles. The van der Waals surface area contributed by atoms with E-state index in [2.05, 4.69) is 220 Å². The molecule has 0 aliphatic rings. The van der Waals surface area contributed by atoms with Crippen molar-refractivity contribution in [2.24, 2.45) is 0 Å². The summed E-state index contributed by atoms with van der Waals surface area (Å²) in [6, 6.07) is 49.5. The highest BCUT2D eigenvalue weighted by atomic mass is 16.3. The Kier molecular flexibility index (Phi) is 8.82. The van der Waals surface area contributed by atoms with E-state index < -0.39 is 0 Å². The molecule has 4 nitrogen and oxygen atoms in total. The number of hydrogen-bond donors (Lipinski definition) is 0. The van der Waals surface area contributed by atoms with Crippen molar-refractivity contribution < 1.29 is 4.42 Å². The molecule has 0 unspecified atom stereocenters. The third-order valence-electron chi connectivity index (χ3n) is 13.4. The van der Waals surface area contributed by atoms with E-state index in [1.807, 2.05) is 6.07 Å². The first-order chi connectivity index (χ1) is 29.7. The van der Waals surface area contributed by atoms with Gasteiger partial charge in [0, 0.05) is 37.9 Å². The summed E-state index contributed by atoms with van der Waals surface area (Å²) >= 11 is 0. The smallest absolute Gasteiger partial charge is 0.160 e. The van der Waals surface area contributed by atoms with E-state index in [1.165, 1.54) is 33.0 Å². The molecule has 3 aromatic heterocycles. The van der Waals surface area contributed by atoms with Crippen LogP contribution in [0.3, 0.4) is 0 Å². The standard InChI is InChI=1S/C59H57N3O/c1-56(2,3)36-21-25-48-42(29-36)43-30-37(57(4,5)6)22-26-49(43)61(48)52-33-46-41-20-16-19-40(35-17-14-13-15-18-35)54(41)63-55(46)53(47(52)34-60)62-50-27-23-38(58(7,8)9)31-44(50)45-32-39(59(10,11)12)24-28-51(45)62/h13-33H,1-12H3. The van der Waals surface area contributed by atoms with Gasteiger partial charge in [-0.25, -0.2) is 0 Å². The lowest BCUT2D eigenvalue weighted by molar-refractivity contribution is 0.590. The van der Waals surface area contributed by atoms with Gasteiger partial charge in [-0.15, -0.1) is 0 Å². The largest absolute Gasteiger partial charge is 0.453 e. The number of fused-ring (bicyclic) bond motifs is 9. The zero-order valence-corrected chi connectivity index (χ0v) is 38.9. The molecule has 0 spiro atoms. The first-order valence-corrected chi connectivity index (χ1v) is 22.4. The van der Waals surface area contributed by atoms with Crippen LogP contribution < -0.4 is 0 Å². The molecule has 0 aliphatic carbocycles. The predicted octanol–water partition coefficient (Wildman–Crippen LogP) is 16.5. The number of furan rings is 1. The van der Waals surface area contributed by atoms with E-state index in [1.54, 1.807) is 0 Å². The minimum Gasteiger partial charge on any atom is -0.453 e. The summed E-state index contributed by atoms with van der Waals surface area (Å²) < 4.78 is 11.9. The molecular formula is C59H57N3O. The monoisotopic (exact) mass is 823 g/mol. The lowest BCUT2D eigenvalue weighted by Gasteiger charge is -2.20. The summed E-state index contributed by atoms with van der Waals surface area (Å²) in [7, 11) is 0. The molecule has 63 heavy (non-hydrogen) atoms. The van der Waals surface area contributed by atoms with Crippen LogP contribution in [0.25, 0.3) is 88.1 Å². The maximum absolute atomic E-state index is 11.8. The molecular weight excluding hydrogens is 767 g/mol. The number of aromatic nitrogens is 2. The summed E-state index contributed by atoms with van der Waals surface area (Å²) in [6.45, 7) is 27.3. The van der Waals surface area contributed by atoms with Gasteiger partial charge in [0.1, 0.15) is 22.9 Å². The highest BCUT2D eigenvalue weighted by Gasteiger charge is 2.29. The van der Waals surface area contributed by atoms with E-state index >= 15 is 0 Å². The van der Waals surface area contributed by atoms with Crippen LogP contribution in [-0.2, 0) is 21.7 Å². The minimum absolute atomic E-state index is 0.0451. The fourth-order valence-electron chi connectivity index (χ4n) is 9.66. The maximum atomic E-state index is 11.8. The Hall–Kier alpha value is -6.57. The van der Waals surface area contributed by atoms with Crippen LogP contribution in [0.4, 0.5) is 0 Å². The van der Waals surface area contributed by atoms with Crippen molar-refractivity contribution in [3.63, 3.8) is 0 Å². The number of nitriles is 1. The molecule has 0 radical (unpaired) electrons. The average Bonchev–Trinajstić information content (AvgIpc) is 3.88. The molecule has 10 aromatic rings.